The summed E-state index contributed by atoms with van der Waals surface area (Å²) in [5.74, 6) is 0. The van der Waals surface area contributed by atoms with E-state index in [1.165, 1.54) is 195 Å². The van der Waals surface area contributed by atoms with Gasteiger partial charge in [-0.25, -0.2) is 0 Å². The summed E-state index contributed by atoms with van der Waals surface area (Å²) < 4.78 is 20.9. The average molecular weight is 2350 g/mol. The number of fused-ring (bicyclic) bond motifs is 12. The summed E-state index contributed by atoms with van der Waals surface area (Å²) in [5.41, 5.74) is 24.8. The topological polar surface area (TPSA) is 120 Å². The molecule has 0 spiro atoms. The van der Waals surface area contributed by atoms with E-state index in [1.807, 2.05) is 97.5 Å². The van der Waals surface area contributed by atoms with Crippen LogP contribution in [0.25, 0.3) is 143 Å². The van der Waals surface area contributed by atoms with Gasteiger partial charge in [0.15, 0.2) is 0 Å². The molecule has 3 aliphatic rings. The van der Waals surface area contributed by atoms with Crippen LogP contribution in [0.1, 0.15) is 173 Å². The van der Waals surface area contributed by atoms with Crippen molar-refractivity contribution < 1.29 is 70.5 Å². The first-order valence-electron chi connectivity index (χ1n) is 53.8. The molecule has 1 unspecified atom stereocenters. The second-order valence-corrected chi connectivity index (χ2v) is 68.3. The molecule has 0 N–H and O–H groups in total. The van der Waals surface area contributed by atoms with Gasteiger partial charge in [-0.05, 0) is 46.6 Å². The number of aromatic nitrogens is 8. The molecule has 0 amide bonds. The predicted molar refractivity (Wildman–Crippen MR) is 630 cm³/mol. The Morgan fingerprint density at radius 3 is 1.07 bits per heavy atom. The number of pyridine rings is 8. The van der Waals surface area contributed by atoms with Crippen LogP contribution in [0.2, 0.25) is 70.9 Å². The Morgan fingerprint density at radius 1 is 0.284 bits per heavy atom. The molecule has 3 aliphatic heterocycles. The summed E-state index contributed by atoms with van der Waals surface area (Å²) in [5, 5.41) is 15.8. The van der Waals surface area contributed by atoms with Crippen molar-refractivity contribution in [3.8, 4) is 124 Å². The van der Waals surface area contributed by atoms with E-state index in [9.17, 15) is 4.57 Å². The van der Waals surface area contributed by atoms with Gasteiger partial charge in [-0.1, -0.05) is 229 Å². The van der Waals surface area contributed by atoms with E-state index in [4.69, 9.17) is 19.9 Å². The Kier molecular flexibility index (Phi) is 43.8. The van der Waals surface area contributed by atoms with Gasteiger partial charge in [-0.3, -0.25) is 19.9 Å². The van der Waals surface area contributed by atoms with Crippen molar-refractivity contribution in [1.29, 1.82) is 0 Å². The molecule has 4 radical (unpaired) electrons. The van der Waals surface area contributed by atoms with Crippen LogP contribution < -0.4 is 50.5 Å². The van der Waals surface area contributed by atoms with Gasteiger partial charge in [0.05, 0.1) is 29.0 Å². The molecule has 0 saturated heterocycles. The van der Waals surface area contributed by atoms with E-state index in [2.05, 4.69) is 322 Å². The van der Waals surface area contributed by atoms with Crippen molar-refractivity contribution in [3.63, 3.8) is 0 Å². The van der Waals surface area contributed by atoms with Crippen LogP contribution in [0.3, 0.4) is 0 Å². The minimum atomic E-state index is -2.69. The van der Waals surface area contributed by atoms with E-state index < -0.39 is 63.7 Å². The summed E-state index contributed by atoms with van der Waals surface area (Å²) in [7, 11) is -7.08. The zero-order chi connectivity index (χ0) is 100. The molecule has 9 nitrogen and oxygen atoms in total. The molecule has 0 aliphatic carbocycles. The molecule has 0 fully saturated rings. The molecule has 0 saturated carbocycles. The maximum absolute atomic E-state index is 14.6. The largest absolute Gasteiger partial charge is 0.314 e. The fraction of sp³-hybridized carbons (Fsp3) is 0.307. The maximum atomic E-state index is 14.6. The average Bonchev–Trinajstić information content (AvgIpc) is 1.53. The molecule has 8 aromatic carbocycles. The molecule has 148 heavy (non-hydrogen) atoms. The van der Waals surface area contributed by atoms with Crippen LogP contribution in [0.4, 0.5) is 0 Å². The molecule has 20 rings (SSSR count). The van der Waals surface area contributed by atoms with Crippen molar-refractivity contribution in [2.75, 3.05) is 6.16 Å². The molecule has 17 aromatic rings. The van der Waals surface area contributed by atoms with Gasteiger partial charge in [0, 0.05) is 123 Å². The first-order valence-corrected chi connectivity index (χ1v) is 72.5. The Hall–Kier alpha value is -8.69. The SMILES string of the molecule is CCC[Si](CCC)c1ccc[c]2c1-c1nc(-c3[c-]c(-c4ccccn4)ccc3)cc[c]1[Ge]2([CH2]CC)[CH2]CC.CCC[Si](CCC)c1cccc2[se]c3ccc(-c4[c-]c(-c5ccccn5)ccc4)nc3c12.CCC[Si](CCC)c1cccc2c1-c1nc(-c3[c-]c(-c4ccccn4)ccc3)ccc1P2(=O)CCC.CCC[Si](CCC)c1cccc2c1-c1nc(-c3[c-]c(-c4ccccn4)ccc3)ccc1[Si]2(CCC)CCC.[Ni].[Ni].[Ni].[Ni]. The zero-order valence-corrected chi connectivity index (χ0v) is 102. The van der Waals surface area contributed by atoms with Gasteiger partial charge in [-0.2, -0.15) is 0 Å². The summed E-state index contributed by atoms with van der Waals surface area (Å²) >= 11 is -2.18. The number of benzene rings is 8. The predicted octanol–water partition coefficient (Wildman–Crippen LogP) is 28.3. The standard InChI is InChI=1S/C34H40GeN2Si.C34H40N2Si2.C31H33N2OPSi.C28H26N2SeSi.4Ni/c1-5-20-35(21-6-2)28-15-12-17-32(38(23-7-3)24-8-4)33(28)34-29(35)18-19-31(37-34)27-14-11-13-26(25-27)30-16-9-10-22-36-30;1-5-21-37(22-6-2)30-16-12-17-31-33(30)34-32(38(31,23-7-3)24-8-4)19-18-29(36-34)27-14-11-13-26(25-27)28-15-9-10-20-35-28;1-4-19-35(34)27-14-10-15-29(36(20-5-2)21-6-3)30(27)31-28(35)17-16-26(33-31)24-12-9-11-23(22-24)25-13-7-8-18-32-25;1-3-17-32(18-4-2)26-13-8-12-24-27(26)28-25(31-24)15-14-23(30-28)21-10-7-9-20(19-21)22-11-5-6-16-29-22;;;;/h9-19,22H,5-8,20-21,23-24H2,1-4H3;9-20H,5-8,21-24H2,1-4H3;7-18H,4-6,19-21H2,1-3H3;5-16H,3-4,17-18H2,1-2H3;;;;/q4*-1;;;;. The Morgan fingerprint density at radius 2 is 0.649 bits per heavy atom. The normalized spacial score (nSPS) is 13.4. The molecule has 1 atom stereocenters. The van der Waals surface area contributed by atoms with Crippen LogP contribution in [-0.4, -0.2) is 117 Å². The van der Waals surface area contributed by atoms with Crippen molar-refractivity contribution in [3.05, 3.63) is 316 Å². The molecule has 772 valence electrons. The third kappa shape index (κ3) is 25.0. The Labute approximate surface area is 939 Å². The van der Waals surface area contributed by atoms with Gasteiger partial charge in [0.1, 0.15) is 15.2 Å². The van der Waals surface area contributed by atoms with Crippen LogP contribution in [0.15, 0.2) is 292 Å². The second kappa shape index (κ2) is 55.7. The fourth-order valence-electron chi connectivity index (χ4n) is 23.1. The summed E-state index contributed by atoms with van der Waals surface area (Å²) in [4.78, 5) is 39.6. The van der Waals surface area contributed by atoms with Gasteiger partial charge >= 0.3 is 433 Å². The smallest absolute Gasteiger partial charge is 0.146 e. The fourth-order valence-corrected chi connectivity index (χ4v) is 58.0. The summed E-state index contributed by atoms with van der Waals surface area (Å²) in [6, 6.07) is 123. The van der Waals surface area contributed by atoms with E-state index in [0.29, 0.717) is 20.7 Å². The Balaban J connectivity index is 0.000000164. The summed E-state index contributed by atoms with van der Waals surface area (Å²) in [6.07, 6.45) is 23.9. The molecule has 9 aromatic heterocycles. The number of rotatable bonds is 38. The molecule has 21 heteroatoms. The monoisotopic (exact) mass is 2350 g/mol. The zero-order valence-electron chi connectivity index (χ0n) is 88.2. The van der Waals surface area contributed by atoms with Gasteiger partial charge < -0.3 is 4.57 Å². The van der Waals surface area contributed by atoms with Crippen molar-refractivity contribution in [1.82, 2.24) is 39.9 Å². The van der Waals surface area contributed by atoms with Crippen LogP contribution in [0, 0.1) is 24.3 Å². The quantitative estimate of drug-likeness (QED) is 0.0212. The van der Waals surface area contributed by atoms with Crippen LogP contribution in [-0.2, 0) is 70.5 Å². The van der Waals surface area contributed by atoms with E-state index in [0.717, 1.165) is 113 Å². The molecular weight excluding hydrogens is 2210 g/mol. The van der Waals surface area contributed by atoms with Crippen LogP contribution >= 0.6 is 7.14 Å². The Bertz CT molecular complexity index is 7050. The number of nitrogens with zero attached hydrogens (tertiary/aromatic N) is 8. The molecular formula is C127H139GeN8Ni4OPSeSi5-4. The third-order valence-electron chi connectivity index (χ3n) is 29.0. The molecule has 0 bridgehead atoms. The van der Waals surface area contributed by atoms with Gasteiger partial charge in [0.25, 0.3) is 0 Å². The van der Waals surface area contributed by atoms with E-state index >= 15 is 0 Å². The molecule has 12 heterocycles. The first-order chi connectivity index (χ1) is 70.7. The van der Waals surface area contributed by atoms with E-state index in [-0.39, 0.29) is 66.0 Å². The number of hydrogen-bond donors (Lipinski definition) is 0. The van der Waals surface area contributed by atoms with E-state index in [1.54, 1.807) is 46.5 Å². The van der Waals surface area contributed by atoms with Crippen molar-refractivity contribution in [2.45, 2.75) is 244 Å². The third-order valence-corrected chi connectivity index (χ3v) is 65.5. The maximum Gasteiger partial charge on any atom is 0.146 e. The van der Waals surface area contributed by atoms with Crippen molar-refractivity contribution in [2.24, 2.45) is 0 Å². The van der Waals surface area contributed by atoms with Crippen molar-refractivity contribution >= 4 is 148 Å². The van der Waals surface area contributed by atoms with Gasteiger partial charge in [0.2, 0.25) is 0 Å². The number of hydrogen-bond acceptors (Lipinski definition) is 9. The summed E-state index contributed by atoms with van der Waals surface area (Å²) in [6.45, 7) is 30.3. The second-order valence-electron chi connectivity index (χ2n) is 39.0. The van der Waals surface area contributed by atoms with Gasteiger partial charge in [-0.15, -0.1) is 48.5 Å². The minimum absolute atomic E-state index is 0. The first kappa shape index (κ1) is 116. The minimum Gasteiger partial charge on any atom is -0.314 e. The van der Waals surface area contributed by atoms with Crippen LogP contribution in [0.5, 0.6) is 0 Å².